The molecule has 0 spiro atoms. The number of benzene rings is 6. The van der Waals surface area contributed by atoms with E-state index in [0.717, 1.165) is 25.7 Å². The van der Waals surface area contributed by atoms with Crippen molar-refractivity contribution in [1.29, 1.82) is 0 Å². The summed E-state index contributed by atoms with van der Waals surface area (Å²) in [7, 11) is 0. The molecule has 6 aromatic rings. The van der Waals surface area contributed by atoms with E-state index in [1.165, 1.54) is 71.9 Å². The third kappa shape index (κ3) is 8.66. The van der Waals surface area contributed by atoms with Crippen LogP contribution >= 0.6 is 0 Å². The molecule has 6 unspecified atom stereocenters. The van der Waals surface area contributed by atoms with Crippen molar-refractivity contribution in [2.75, 3.05) is 0 Å². The molecule has 6 aromatic carbocycles. The normalized spacial score (nSPS) is 27.4. The molecule has 1 aliphatic rings. The van der Waals surface area contributed by atoms with Gasteiger partial charge in [-0.25, -0.2) is 0 Å². The molecule has 7 rings (SSSR count). The van der Waals surface area contributed by atoms with Crippen LogP contribution < -0.4 is 0 Å². The molecular formula is C76H104. The first-order chi connectivity index (χ1) is 35.6. The summed E-state index contributed by atoms with van der Waals surface area (Å²) in [4.78, 5) is 0. The lowest BCUT2D eigenvalue weighted by Crippen LogP contribution is -2.87. The topological polar surface area (TPSA) is 0 Å². The van der Waals surface area contributed by atoms with Gasteiger partial charge < -0.3 is 0 Å². The summed E-state index contributed by atoms with van der Waals surface area (Å²) in [5.74, 6) is 0. The van der Waals surface area contributed by atoms with E-state index < -0.39 is 54.1 Å². The van der Waals surface area contributed by atoms with Crippen molar-refractivity contribution < 1.29 is 0 Å². The first kappa shape index (κ1) is 59.0. The highest BCUT2D eigenvalue weighted by atomic mass is 14.9. The standard InChI is InChI=1S/C76H104/c1-65(2,3)71(59-45-31-25-32-46-59)57-43-23-21-19-20-22-24-44-58-72(66(4,5)6,60-47-33-26-34-48-60)74(68(10,11)12,62-51-37-28-38-52-62)76(70(16,17)18,64-55-41-30-42-56-64)75(69(13,14)15,63-53-39-29-40-54-63)73(71,67(7,8)9)61-49-35-27-36-50-61/h25-42,45-56H,19-24,43-44,57-58H2,1-18H3. The first-order valence-electron chi connectivity index (χ1n) is 29.9. The van der Waals surface area contributed by atoms with Gasteiger partial charge in [0.05, 0.1) is 0 Å². The van der Waals surface area contributed by atoms with Crippen LogP contribution in [0.2, 0.25) is 0 Å². The van der Waals surface area contributed by atoms with Crippen LogP contribution in [0.15, 0.2) is 182 Å². The van der Waals surface area contributed by atoms with Crippen molar-refractivity contribution in [1.82, 2.24) is 0 Å². The molecule has 0 N–H and O–H groups in total. The van der Waals surface area contributed by atoms with Gasteiger partial charge in [-0.05, 0) is 78.7 Å². The molecule has 0 heteroatoms. The molecule has 1 saturated carbocycles. The summed E-state index contributed by atoms with van der Waals surface area (Å²) >= 11 is 0. The van der Waals surface area contributed by atoms with Crippen molar-refractivity contribution in [2.24, 2.45) is 32.5 Å². The SMILES string of the molecule is CC(C)(C)C1(c2ccccc2)CCCCCCCCCCC(c2ccccc2)(C(C)(C)C)C(c2ccccc2)(C(C)(C)C)C(c2ccccc2)(C(C)(C)C)C(c2ccccc2)(C(C)(C)C)C1(c1ccccc1)C(C)(C)C. The largest absolute Gasteiger partial charge is 0.0622 e. The monoisotopic (exact) mass is 1020 g/mol. The van der Waals surface area contributed by atoms with E-state index in [4.69, 9.17) is 0 Å². The Balaban J connectivity index is 2.14. The van der Waals surface area contributed by atoms with Crippen LogP contribution in [0.25, 0.3) is 0 Å². The number of rotatable bonds is 6. The fourth-order valence-corrected chi connectivity index (χ4v) is 19.3. The Bertz CT molecular complexity index is 2530. The molecule has 0 heterocycles. The lowest BCUT2D eigenvalue weighted by molar-refractivity contribution is -0.224. The quantitative estimate of drug-likeness (QED) is 0.156. The lowest BCUT2D eigenvalue weighted by Gasteiger charge is -2.85. The molecule has 6 atom stereocenters. The summed E-state index contributed by atoms with van der Waals surface area (Å²) in [5.41, 5.74) is 2.05. The van der Waals surface area contributed by atoms with Gasteiger partial charge in [-0.3, -0.25) is 0 Å². The molecule has 1 aliphatic carbocycles. The van der Waals surface area contributed by atoms with Gasteiger partial charge in [-0.15, -0.1) is 0 Å². The van der Waals surface area contributed by atoms with E-state index in [2.05, 4.69) is 307 Å². The predicted molar refractivity (Wildman–Crippen MR) is 332 cm³/mol. The van der Waals surface area contributed by atoms with Crippen LogP contribution in [0.5, 0.6) is 0 Å². The Morgan fingerprint density at radius 1 is 0.197 bits per heavy atom. The second-order valence-corrected chi connectivity index (χ2v) is 29.8. The molecule has 0 nitrogen and oxygen atoms in total. The van der Waals surface area contributed by atoms with Crippen molar-refractivity contribution >= 4 is 0 Å². The predicted octanol–water partition coefficient (Wildman–Crippen LogP) is 21.8. The van der Waals surface area contributed by atoms with E-state index in [9.17, 15) is 0 Å². The van der Waals surface area contributed by atoms with Gasteiger partial charge in [0, 0.05) is 32.5 Å². The lowest BCUT2D eigenvalue weighted by atomic mass is 9.17. The second kappa shape index (κ2) is 21.5. The Labute approximate surface area is 466 Å². The molecule has 0 bridgehead atoms. The zero-order valence-corrected chi connectivity index (χ0v) is 51.4. The summed E-state index contributed by atoms with van der Waals surface area (Å²) < 4.78 is 0. The highest BCUT2D eigenvalue weighted by Crippen LogP contribution is 2.86. The Kier molecular flexibility index (Phi) is 16.7. The zero-order chi connectivity index (χ0) is 55.7. The van der Waals surface area contributed by atoms with Crippen LogP contribution in [0.1, 0.15) is 222 Å². The molecule has 0 radical (unpaired) electrons. The van der Waals surface area contributed by atoms with E-state index in [1.54, 1.807) is 0 Å². The van der Waals surface area contributed by atoms with Gasteiger partial charge in [-0.1, -0.05) is 358 Å². The minimum atomic E-state index is -0.817. The first-order valence-corrected chi connectivity index (χ1v) is 29.9. The van der Waals surface area contributed by atoms with E-state index in [1.807, 2.05) is 0 Å². The number of hydrogen-bond acceptors (Lipinski definition) is 0. The Hall–Kier alpha value is -4.68. The van der Waals surface area contributed by atoms with Gasteiger partial charge in [0.15, 0.2) is 0 Å². The van der Waals surface area contributed by atoms with Crippen LogP contribution in [-0.2, 0) is 32.5 Å². The smallest absolute Gasteiger partial charge is 0.0223 e. The van der Waals surface area contributed by atoms with E-state index in [-0.39, 0.29) is 10.8 Å². The summed E-state index contributed by atoms with van der Waals surface area (Å²) in [5, 5.41) is 0. The van der Waals surface area contributed by atoms with Gasteiger partial charge in [0.2, 0.25) is 0 Å². The number of hydrogen-bond donors (Lipinski definition) is 0. The molecule has 0 aliphatic heterocycles. The molecule has 0 amide bonds. The summed E-state index contributed by atoms with van der Waals surface area (Å²) in [6, 6.07) is 73.7. The zero-order valence-electron chi connectivity index (χ0n) is 51.4. The summed E-state index contributed by atoms with van der Waals surface area (Å²) in [6.45, 7) is 48.3. The highest BCUT2D eigenvalue weighted by molar-refractivity contribution is 5.64. The molecule has 408 valence electrons. The minimum absolute atomic E-state index is 0.299. The van der Waals surface area contributed by atoms with Crippen molar-refractivity contribution in [3.63, 3.8) is 0 Å². The van der Waals surface area contributed by atoms with E-state index >= 15 is 0 Å². The van der Waals surface area contributed by atoms with Crippen LogP contribution in [-0.4, -0.2) is 0 Å². The maximum Gasteiger partial charge on any atom is 0.0223 e. The van der Waals surface area contributed by atoms with Crippen LogP contribution in [0.4, 0.5) is 0 Å². The molecule has 76 heavy (non-hydrogen) atoms. The van der Waals surface area contributed by atoms with Crippen molar-refractivity contribution in [2.45, 2.75) is 221 Å². The highest BCUT2D eigenvalue weighted by Gasteiger charge is 2.87. The maximum absolute atomic E-state index is 2.71. The van der Waals surface area contributed by atoms with Crippen molar-refractivity contribution in [3.8, 4) is 0 Å². The molecule has 0 saturated heterocycles. The Morgan fingerprint density at radius 2 is 0.368 bits per heavy atom. The maximum atomic E-state index is 2.71. The van der Waals surface area contributed by atoms with E-state index in [0.29, 0.717) is 0 Å². The third-order valence-electron chi connectivity index (χ3n) is 20.2. The fourth-order valence-electron chi connectivity index (χ4n) is 19.3. The molecule has 1 fully saturated rings. The summed E-state index contributed by atoms with van der Waals surface area (Å²) in [6.07, 6.45) is 11.9. The minimum Gasteiger partial charge on any atom is -0.0622 e. The van der Waals surface area contributed by atoms with Crippen molar-refractivity contribution in [3.05, 3.63) is 215 Å². The fraction of sp³-hybridized carbons (Fsp3) is 0.526. The van der Waals surface area contributed by atoms with Gasteiger partial charge >= 0.3 is 0 Å². The van der Waals surface area contributed by atoms with Gasteiger partial charge in [0.25, 0.3) is 0 Å². The third-order valence-corrected chi connectivity index (χ3v) is 20.2. The second-order valence-electron chi connectivity index (χ2n) is 29.8. The van der Waals surface area contributed by atoms with Gasteiger partial charge in [-0.2, -0.15) is 0 Å². The average Bonchev–Trinajstić information content (AvgIpc) is 3.41. The molecular weight excluding hydrogens is 913 g/mol. The average molecular weight is 1020 g/mol. The van der Waals surface area contributed by atoms with Gasteiger partial charge in [0.1, 0.15) is 0 Å². The molecule has 0 aromatic heterocycles. The van der Waals surface area contributed by atoms with Crippen LogP contribution in [0, 0.1) is 32.5 Å². The van der Waals surface area contributed by atoms with Crippen LogP contribution in [0.3, 0.4) is 0 Å². The Morgan fingerprint density at radius 3 is 0.553 bits per heavy atom.